The molecular formula is C13H28N2. The van der Waals surface area contributed by atoms with E-state index in [1.807, 2.05) is 0 Å². The summed E-state index contributed by atoms with van der Waals surface area (Å²) < 4.78 is 0. The van der Waals surface area contributed by atoms with E-state index in [4.69, 9.17) is 0 Å². The molecular weight excluding hydrogens is 184 g/mol. The molecule has 0 unspecified atom stereocenters. The zero-order valence-corrected chi connectivity index (χ0v) is 11.0. The topological polar surface area (TPSA) is 15.3 Å². The largest absolute Gasteiger partial charge is 0.312 e. The van der Waals surface area contributed by atoms with Gasteiger partial charge in [0.05, 0.1) is 0 Å². The first-order valence-electron chi connectivity index (χ1n) is 6.41. The summed E-state index contributed by atoms with van der Waals surface area (Å²) in [6.07, 6.45) is 5.56. The van der Waals surface area contributed by atoms with Crippen molar-refractivity contribution in [3.63, 3.8) is 0 Å². The van der Waals surface area contributed by atoms with Crippen molar-refractivity contribution >= 4 is 0 Å². The summed E-state index contributed by atoms with van der Waals surface area (Å²) in [5.41, 5.74) is 0.278. The van der Waals surface area contributed by atoms with Gasteiger partial charge in [0.1, 0.15) is 0 Å². The fourth-order valence-corrected chi connectivity index (χ4v) is 1.80. The number of nitrogens with zero attached hydrogens (tertiary/aromatic N) is 1. The molecule has 1 aliphatic carbocycles. The first-order valence-corrected chi connectivity index (χ1v) is 6.41. The van der Waals surface area contributed by atoms with E-state index in [-0.39, 0.29) is 5.54 Å². The van der Waals surface area contributed by atoms with Gasteiger partial charge in [-0.15, -0.1) is 0 Å². The molecule has 0 radical (unpaired) electrons. The summed E-state index contributed by atoms with van der Waals surface area (Å²) in [7, 11) is 2.26. The van der Waals surface area contributed by atoms with Crippen molar-refractivity contribution in [1.82, 2.24) is 10.2 Å². The fraction of sp³-hybridized carbons (Fsp3) is 1.00. The van der Waals surface area contributed by atoms with E-state index in [9.17, 15) is 0 Å². The van der Waals surface area contributed by atoms with Gasteiger partial charge in [0.15, 0.2) is 0 Å². The third-order valence-corrected chi connectivity index (χ3v) is 2.89. The minimum Gasteiger partial charge on any atom is -0.312 e. The molecule has 1 fully saturated rings. The first-order chi connectivity index (χ1) is 6.97. The Kier molecular flexibility index (Phi) is 5.07. The van der Waals surface area contributed by atoms with Crippen LogP contribution >= 0.6 is 0 Å². The van der Waals surface area contributed by atoms with E-state index < -0.39 is 0 Å². The van der Waals surface area contributed by atoms with Crippen molar-refractivity contribution in [2.45, 2.75) is 52.0 Å². The van der Waals surface area contributed by atoms with Crippen LogP contribution in [0.25, 0.3) is 0 Å². The number of hydrogen-bond acceptors (Lipinski definition) is 2. The Labute approximate surface area is 95.4 Å². The van der Waals surface area contributed by atoms with Gasteiger partial charge in [-0.3, -0.25) is 0 Å². The predicted molar refractivity (Wildman–Crippen MR) is 67.2 cm³/mol. The van der Waals surface area contributed by atoms with Gasteiger partial charge < -0.3 is 10.2 Å². The second-order valence-electron chi connectivity index (χ2n) is 6.09. The standard InChI is InChI=1S/C13H28N2/c1-13(2,3)14-9-5-6-10-15(4)11-12-7-8-12/h12,14H,5-11H2,1-4H3. The molecule has 0 amide bonds. The predicted octanol–water partition coefficient (Wildman–Crippen LogP) is 2.50. The van der Waals surface area contributed by atoms with Crippen LogP contribution in [-0.4, -0.2) is 37.1 Å². The summed E-state index contributed by atoms with van der Waals surface area (Å²) in [5, 5.41) is 3.53. The molecule has 1 saturated carbocycles. The van der Waals surface area contributed by atoms with Crippen molar-refractivity contribution in [2.75, 3.05) is 26.7 Å². The van der Waals surface area contributed by atoms with Crippen molar-refractivity contribution in [3.05, 3.63) is 0 Å². The Hall–Kier alpha value is -0.0800. The lowest BCUT2D eigenvalue weighted by Crippen LogP contribution is -2.36. The van der Waals surface area contributed by atoms with Crippen molar-refractivity contribution in [3.8, 4) is 0 Å². The lowest BCUT2D eigenvalue weighted by atomic mass is 10.1. The second kappa shape index (κ2) is 5.86. The maximum atomic E-state index is 3.53. The zero-order chi connectivity index (χ0) is 11.3. The van der Waals surface area contributed by atoms with Crippen LogP contribution in [-0.2, 0) is 0 Å². The van der Waals surface area contributed by atoms with E-state index in [0.29, 0.717) is 0 Å². The molecule has 1 rings (SSSR count). The summed E-state index contributed by atoms with van der Waals surface area (Å²) in [6, 6.07) is 0. The third-order valence-electron chi connectivity index (χ3n) is 2.89. The van der Waals surface area contributed by atoms with Gasteiger partial charge >= 0.3 is 0 Å². The Morgan fingerprint density at radius 2 is 1.87 bits per heavy atom. The van der Waals surface area contributed by atoms with Crippen LogP contribution in [0.5, 0.6) is 0 Å². The molecule has 0 spiro atoms. The number of hydrogen-bond donors (Lipinski definition) is 1. The summed E-state index contributed by atoms with van der Waals surface area (Å²) in [6.45, 7) is 10.4. The van der Waals surface area contributed by atoms with Gasteiger partial charge in [-0.25, -0.2) is 0 Å². The maximum Gasteiger partial charge on any atom is 0.00965 e. The average molecular weight is 212 g/mol. The molecule has 0 saturated heterocycles. The van der Waals surface area contributed by atoms with Crippen molar-refractivity contribution in [1.29, 1.82) is 0 Å². The molecule has 2 nitrogen and oxygen atoms in total. The van der Waals surface area contributed by atoms with Crippen molar-refractivity contribution < 1.29 is 0 Å². The van der Waals surface area contributed by atoms with E-state index >= 15 is 0 Å². The quantitative estimate of drug-likeness (QED) is 0.652. The fourth-order valence-electron chi connectivity index (χ4n) is 1.80. The Morgan fingerprint density at radius 1 is 1.20 bits per heavy atom. The average Bonchev–Trinajstić information content (AvgIpc) is 2.85. The Balaban J connectivity index is 1.87. The molecule has 2 heteroatoms. The lowest BCUT2D eigenvalue weighted by Gasteiger charge is -2.21. The highest BCUT2D eigenvalue weighted by Crippen LogP contribution is 2.29. The van der Waals surface area contributed by atoms with Crippen LogP contribution in [0.4, 0.5) is 0 Å². The van der Waals surface area contributed by atoms with Crippen LogP contribution in [0.2, 0.25) is 0 Å². The molecule has 1 aliphatic rings. The van der Waals surface area contributed by atoms with Crippen LogP contribution in [0.15, 0.2) is 0 Å². The van der Waals surface area contributed by atoms with Crippen LogP contribution in [0.3, 0.4) is 0 Å². The van der Waals surface area contributed by atoms with Gasteiger partial charge in [-0.1, -0.05) is 0 Å². The third kappa shape index (κ3) is 7.80. The van der Waals surface area contributed by atoms with Gasteiger partial charge in [-0.2, -0.15) is 0 Å². The molecule has 15 heavy (non-hydrogen) atoms. The van der Waals surface area contributed by atoms with E-state index in [2.05, 4.69) is 38.0 Å². The second-order valence-corrected chi connectivity index (χ2v) is 6.09. The molecule has 0 bridgehead atoms. The van der Waals surface area contributed by atoms with Gasteiger partial charge in [-0.05, 0) is 72.5 Å². The normalized spacial score (nSPS) is 17.4. The molecule has 90 valence electrons. The maximum absolute atomic E-state index is 3.53. The number of rotatable bonds is 7. The molecule has 1 N–H and O–H groups in total. The van der Waals surface area contributed by atoms with Crippen LogP contribution in [0.1, 0.15) is 46.5 Å². The van der Waals surface area contributed by atoms with E-state index in [1.54, 1.807) is 0 Å². The van der Waals surface area contributed by atoms with Gasteiger partial charge in [0.2, 0.25) is 0 Å². The highest BCUT2D eigenvalue weighted by atomic mass is 15.1. The zero-order valence-electron chi connectivity index (χ0n) is 11.0. The minimum absolute atomic E-state index is 0.278. The Morgan fingerprint density at radius 3 is 2.40 bits per heavy atom. The number of nitrogens with one attached hydrogen (secondary N) is 1. The molecule has 0 atom stereocenters. The molecule has 0 aromatic heterocycles. The van der Waals surface area contributed by atoms with Gasteiger partial charge in [0.25, 0.3) is 0 Å². The first kappa shape index (κ1) is 13.0. The van der Waals surface area contributed by atoms with Crippen LogP contribution in [0, 0.1) is 5.92 Å². The number of unbranched alkanes of at least 4 members (excludes halogenated alkanes) is 1. The summed E-state index contributed by atoms with van der Waals surface area (Å²) >= 11 is 0. The van der Waals surface area contributed by atoms with Crippen LogP contribution < -0.4 is 5.32 Å². The monoisotopic (exact) mass is 212 g/mol. The SMILES string of the molecule is CN(CCCCNC(C)(C)C)CC1CC1. The van der Waals surface area contributed by atoms with E-state index in [0.717, 1.165) is 12.5 Å². The Bertz CT molecular complexity index is 168. The smallest absolute Gasteiger partial charge is 0.00965 e. The van der Waals surface area contributed by atoms with Gasteiger partial charge in [0, 0.05) is 12.1 Å². The highest BCUT2D eigenvalue weighted by Gasteiger charge is 2.22. The molecule has 0 heterocycles. The lowest BCUT2D eigenvalue weighted by molar-refractivity contribution is 0.308. The van der Waals surface area contributed by atoms with Crippen molar-refractivity contribution in [2.24, 2.45) is 5.92 Å². The summed E-state index contributed by atoms with van der Waals surface area (Å²) in [5.74, 6) is 1.03. The summed E-state index contributed by atoms with van der Waals surface area (Å²) in [4.78, 5) is 2.49. The molecule has 0 aromatic rings. The van der Waals surface area contributed by atoms with E-state index in [1.165, 1.54) is 38.8 Å². The minimum atomic E-state index is 0.278. The molecule has 0 aliphatic heterocycles. The molecule has 0 aromatic carbocycles. The highest BCUT2D eigenvalue weighted by molar-refractivity contribution is 4.76.